The third-order valence-corrected chi connectivity index (χ3v) is 3.00. The first-order valence-corrected chi connectivity index (χ1v) is 5.48. The lowest BCUT2D eigenvalue weighted by Gasteiger charge is -2.16. The highest BCUT2D eigenvalue weighted by molar-refractivity contribution is 6.33. The zero-order chi connectivity index (χ0) is 12.6. The summed E-state index contributed by atoms with van der Waals surface area (Å²) in [5.74, 6) is -2.70. The van der Waals surface area contributed by atoms with E-state index in [4.69, 9.17) is 11.6 Å². The topological polar surface area (TPSA) is 40.5 Å². The van der Waals surface area contributed by atoms with Crippen LogP contribution >= 0.6 is 11.6 Å². The number of amides is 1. The lowest BCUT2D eigenvalue weighted by atomic mass is 10.2. The van der Waals surface area contributed by atoms with Crippen LogP contribution in [0.5, 0.6) is 0 Å². The van der Waals surface area contributed by atoms with Gasteiger partial charge in [-0.3, -0.25) is 4.79 Å². The van der Waals surface area contributed by atoms with E-state index in [1.807, 2.05) is 0 Å². The molecule has 0 aromatic heterocycles. The number of aliphatic hydroxyl groups is 1. The van der Waals surface area contributed by atoms with Crippen molar-refractivity contribution in [3.05, 3.63) is 34.4 Å². The van der Waals surface area contributed by atoms with Gasteiger partial charge in [0.25, 0.3) is 5.91 Å². The highest BCUT2D eigenvalue weighted by atomic mass is 35.5. The zero-order valence-corrected chi connectivity index (χ0v) is 9.55. The number of likely N-dealkylation sites (tertiary alicyclic amines) is 1. The molecule has 0 bridgehead atoms. The maximum Gasteiger partial charge on any atom is 0.255 e. The summed E-state index contributed by atoms with van der Waals surface area (Å²) in [4.78, 5) is 13.3. The minimum Gasteiger partial charge on any atom is -0.391 e. The molecular formula is C11H10ClF2NO2. The van der Waals surface area contributed by atoms with Crippen molar-refractivity contribution in [2.24, 2.45) is 0 Å². The summed E-state index contributed by atoms with van der Waals surface area (Å²) in [6.45, 7) is 0.573. The van der Waals surface area contributed by atoms with Crippen LogP contribution < -0.4 is 0 Å². The number of hydrogen-bond acceptors (Lipinski definition) is 2. The summed E-state index contributed by atoms with van der Waals surface area (Å²) >= 11 is 5.69. The van der Waals surface area contributed by atoms with Crippen molar-refractivity contribution in [3.8, 4) is 0 Å². The van der Waals surface area contributed by atoms with E-state index in [1.54, 1.807) is 0 Å². The number of hydrogen-bond donors (Lipinski definition) is 1. The number of rotatable bonds is 1. The molecule has 1 aliphatic rings. The number of nitrogens with zero attached hydrogens (tertiary/aromatic N) is 1. The van der Waals surface area contributed by atoms with Crippen LogP contribution in [0.3, 0.4) is 0 Å². The molecule has 1 fully saturated rings. The predicted molar refractivity (Wildman–Crippen MR) is 57.9 cm³/mol. The van der Waals surface area contributed by atoms with Crippen molar-refractivity contribution in [1.29, 1.82) is 0 Å². The number of β-amino-alcohol motifs (C(OH)–C–C–N with tert-alkyl or cyclic N) is 1. The van der Waals surface area contributed by atoms with Crippen LogP contribution in [0.1, 0.15) is 16.8 Å². The Morgan fingerprint density at radius 1 is 1.41 bits per heavy atom. The number of carbonyl (C=O) groups is 1. The fraction of sp³-hybridized carbons (Fsp3) is 0.364. The summed E-state index contributed by atoms with van der Waals surface area (Å²) in [5, 5.41) is 9.17. The largest absolute Gasteiger partial charge is 0.391 e. The lowest BCUT2D eigenvalue weighted by molar-refractivity contribution is 0.0764. The second-order valence-electron chi connectivity index (χ2n) is 3.94. The van der Waals surface area contributed by atoms with Crippen LogP contribution in [0, 0.1) is 11.6 Å². The second-order valence-corrected chi connectivity index (χ2v) is 4.35. The fourth-order valence-corrected chi connectivity index (χ4v) is 2.01. The number of aliphatic hydroxyl groups excluding tert-OH is 1. The number of halogens is 3. The van der Waals surface area contributed by atoms with Crippen molar-refractivity contribution < 1.29 is 18.7 Å². The van der Waals surface area contributed by atoms with Crippen LogP contribution in [0.4, 0.5) is 8.78 Å². The average molecular weight is 262 g/mol. The maximum atomic E-state index is 13.0. The molecule has 3 nitrogen and oxygen atoms in total. The van der Waals surface area contributed by atoms with E-state index < -0.39 is 23.6 Å². The van der Waals surface area contributed by atoms with Gasteiger partial charge in [-0.15, -0.1) is 0 Å². The van der Waals surface area contributed by atoms with Crippen LogP contribution in [-0.4, -0.2) is 35.1 Å². The molecule has 0 radical (unpaired) electrons. The highest BCUT2D eigenvalue weighted by Gasteiger charge is 2.27. The molecule has 17 heavy (non-hydrogen) atoms. The molecule has 1 aromatic rings. The first kappa shape index (κ1) is 12.3. The van der Waals surface area contributed by atoms with Crippen molar-refractivity contribution in [2.75, 3.05) is 13.1 Å². The molecule has 2 rings (SSSR count). The Kier molecular flexibility index (Phi) is 3.31. The van der Waals surface area contributed by atoms with Crippen molar-refractivity contribution in [2.45, 2.75) is 12.5 Å². The molecule has 1 saturated heterocycles. The Labute approximate surface area is 102 Å². The van der Waals surface area contributed by atoms with Gasteiger partial charge in [-0.05, 0) is 18.6 Å². The zero-order valence-electron chi connectivity index (χ0n) is 8.79. The van der Waals surface area contributed by atoms with Gasteiger partial charge in [0.05, 0.1) is 16.7 Å². The minimum absolute atomic E-state index is 0.0836. The molecule has 6 heteroatoms. The van der Waals surface area contributed by atoms with Gasteiger partial charge in [-0.1, -0.05) is 11.6 Å². The summed E-state index contributed by atoms with van der Waals surface area (Å²) in [6, 6.07) is 1.56. The lowest BCUT2D eigenvalue weighted by Crippen LogP contribution is -2.29. The van der Waals surface area contributed by atoms with Gasteiger partial charge in [0, 0.05) is 13.1 Å². The highest BCUT2D eigenvalue weighted by Crippen LogP contribution is 2.23. The molecule has 0 aliphatic carbocycles. The minimum atomic E-state index is -1.11. The smallest absolute Gasteiger partial charge is 0.255 e. The molecule has 1 aromatic carbocycles. The van der Waals surface area contributed by atoms with E-state index >= 15 is 0 Å². The van der Waals surface area contributed by atoms with E-state index in [0.29, 0.717) is 13.0 Å². The van der Waals surface area contributed by atoms with Crippen LogP contribution in [-0.2, 0) is 0 Å². The Bertz CT molecular complexity index is 467. The van der Waals surface area contributed by atoms with Crippen molar-refractivity contribution in [1.82, 2.24) is 4.90 Å². The molecule has 0 saturated carbocycles. The molecule has 1 amide bonds. The second kappa shape index (κ2) is 4.58. The molecule has 1 N–H and O–H groups in total. The summed E-state index contributed by atoms with van der Waals surface area (Å²) in [7, 11) is 0. The third-order valence-electron chi connectivity index (χ3n) is 2.69. The Morgan fingerprint density at radius 2 is 2.06 bits per heavy atom. The maximum absolute atomic E-state index is 13.0. The number of carbonyl (C=O) groups excluding carboxylic acids is 1. The molecule has 0 spiro atoms. The van der Waals surface area contributed by atoms with Gasteiger partial charge < -0.3 is 10.0 Å². The van der Waals surface area contributed by atoms with E-state index in [-0.39, 0.29) is 17.1 Å². The monoisotopic (exact) mass is 261 g/mol. The van der Waals surface area contributed by atoms with Crippen LogP contribution in [0.15, 0.2) is 12.1 Å². The van der Waals surface area contributed by atoms with Crippen molar-refractivity contribution >= 4 is 17.5 Å². The summed E-state index contributed by atoms with van der Waals surface area (Å²) in [6.07, 6.45) is -0.0874. The first-order chi connectivity index (χ1) is 7.99. The Morgan fingerprint density at radius 3 is 2.65 bits per heavy atom. The predicted octanol–water partition coefficient (Wildman–Crippen LogP) is 1.82. The Hall–Kier alpha value is -1.20. The standard InChI is InChI=1S/C11H10ClF2NO2/c12-8-4-10(14)9(13)3-7(8)11(17)15-2-1-6(16)5-15/h3-4,6,16H,1-2,5H2/t6-/m0/s1. The molecule has 0 unspecified atom stereocenters. The molecule has 1 atom stereocenters. The summed E-state index contributed by atoms with van der Waals surface area (Å²) < 4.78 is 25.9. The SMILES string of the molecule is O=C(c1cc(F)c(F)cc1Cl)N1CC[C@H](O)C1. The van der Waals surface area contributed by atoms with E-state index in [9.17, 15) is 18.7 Å². The van der Waals surface area contributed by atoms with Gasteiger partial charge in [0.2, 0.25) is 0 Å². The molecular weight excluding hydrogens is 252 g/mol. The van der Waals surface area contributed by atoms with Gasteiger partial charge in [-0.25, -0.2) is 8.78 Å². The normalized spacial score (nSPS) is 19.8. The van der Waals surface area contributed by atoms with Gasteiger partial charge in [0.1, 0.15) is 0 Å². The van der Waals surface area contributed by atoms with Crippen LogP contribution in [0.25, 0.3) is 0 Å². The van der Waals surface area contributed by atoms with E-state index in [2.05, 4.69) is 0 Å². The van der Waals surface area contributed by atoms with Crippen molar-refractivity contribution in [3.63, 3.8) is 0 Å². The van der Waals surface area contributed by atoms with E-state index in [1.165, 1.54) is 4.90 Å². The Balaban J connectivity index is 2.28. The average Bonchev–Trinajstić information content (AvgIpc) is 2.69. The fourth-order valence-electron chi connectivity index (χ4n) is 1.78. The number of benzene rings is 1. The van der Waals surface area contributed by atoms with Gasteiger partial charge in [0.15, 0.2) is 11.6 Å². The van der Waals surface area contributed by atoms with Gasteiger partial charge in [-0.2, -0.15) is 0 Å². The third kappa shape index (κ3) is 2.40. The quantitative estimate of drug-likeness (QED) is 0.784. The first-order valence-electron chi connectivity index (χ1n) is 5.11. The molecule has 1 aliphatic heterocycles. The van der Waals surface area contributed by atoms with E-state index in [0.717, 1.165) is 12.1 Å². The summed E-state index contributed by atoms with van der Waals surface area (Å²) in [5.41, 5.74) is -0.0836. The van der Waals surface area contributed by atoms with Gasteiger partial charge >= 0.3 is 0 Å². The molecule has 1 heterocycles. The van der Waals surface area contributed by atoms with Crippen LogP contribution in [0.2, 0.25) is 5.02 Å². The molecule has 92 valence electrons.